The van der Waals surface area contributed by atoms with Gasteiger partial charge in [0.15, 0.2) is 0 Å². The molecule has 0 spiro atoms. The van der Waals surface area contributed by atoms with Gasteiger partial charge in [-0.15, -0.1) is 0 Å². The van der Waals surface area contributed by atoms with Crippen LogP contribution in [-0.2, 0) is 15.5 Å². The van der Waals surface area contributed by atoms with Crippen molar-refractivity contribution in [2.75, 3.05) is 62.9 Å². The molecule has 4 heterocycles. The van der Waals surface area contributed by atoms with E-state index in [1.807, 2.05) is 19.1 Å². The summed E-state index contributed by atoms with van der Waals surface area (Å²) in [7, 11) is -1.04. The van der Waals surface area contributed by atoms with Crippen LogP contribution in [0.5, 0.6) is 5.75 Å². The lowest BCUT2D eigenvalue weighted by atomic mass is 10.1. The first kappa shape index (κ1) is 26.8. The molecule has 1 aromatic carbocycles. The van der Waals surface area contributed by atoms with E-state index in [0.29, 0.717) is 47.9 Å². The van der Waals surface area contributed by atoms with Gasteiger partial charge in [0.25, 0.3) is 0 Å². The second-order valence-corrected chi connectivity index (χ2v) is 12.9. The Morgan fingerprint density at radius 3 is 2.58 bits per heavy atom. The third-order valence-corrected chi connectivity index (χ3v) is 10.5. The number of pyridine rings is 1. The number of aromatic amines is 1. The van der Waals surface area contributed by atoms with Crippen molar-refractivity contribution in [1.82, 2.24) is 14.9 Å². The van der Waals surface area contributed by atoms with Gasteiger partial charge in [-0.25, -0.2) is 4.98 Å². The van der Waals surface area contributed by atoms with E-state index in [1.54, 1.807) is 12.1 Å². The Bertz CT molecular complexity index is 1330. The summed E-state index contributed by atoms with van der Waals surface area (Å²) in [6.07, 6.45) is -0.279. The van der Waals surface area contributed by atoms with Gasteiger partial charge in [-0.1, -0.05) is 0 Å². The first-order chi connectivity index (χ1) is 18.2. The van der Waals surface area contributed by atoms with Gasteiger partial charge < -0.3 is 29.7 Å². The zero-order valence-electron chi connectivity index (χ0n) is 21.5. The molecule has 38 heavy (non-hydrogen) atoms. The topological polar surface area (TPSA) is 91.5 Å². The Kier molecular flexibility index (Phi) is 7.62. The number of ether oxygens (including phenoxy) is 2. The normalized spacial score (nSPS) is 19.0. The number of H-pyrrole nitrogens is 1. The highest BCUT2D eigenvalue weighted by Gasteiger charge is 2.36. The van der Waals surface area contributed by atoms with Gasteiger partial charge in [-0.3, -0.25) is 4.90 Å². The second-order valence-electron chi connectivity index (χ2n) is 9.73. The number of anilines is 3. The van der Waals surface area contributed by atoms with Gasteiger partial charge in [0.05, 0.1) is 23.7 Å². The van der Waals surface area contributed by atoms with Crippen LogP contribution in [0.2, 0.25) is 0 Å². The number of halogens is 3. The van der Waals surface area contributed by atoms with Crippen LogP contribution in [0.1, 0.15) is 25.3 Å². The number of nitrogens with one attached hydrogen (secondary N) is 3. The number of hydrogen-bond donors (Lipinski definition) is 3. The predicted molar refractivity (Wildman–Crippen MR) is 144 cm³/mol. The number of hydrogen-bond acceptors (Lipinski definition) is 7. The Morgan fingerprint density at radius 2 is 1.92 bits per heavy atom. The third-order valence-electron chi connectivity index (χ3n) is 7.44. The monoisotopic (exact) mass is 551 g/mol. The maximum Gasteiger partial charge on any atom is 0.418 e. The maximum atomic E-state index is 13.9. The van der Waals surface area contributed by atoms with E-state index in [0.717, 1.165) is 50.6 Å². The average Bonchev–Trinajstić information content (AvgIpc) is 3.35. The molecule has 0 atom stereocenters. The molecule has 0 aliphatic carbocycles. The van der Waals surface area contributed by atoms with Crippen molar-refractivity contribution in [3.8, 4) is 5.75 Å². The van der Waals surface area contributed by atoms with Crippen molar-refractivity contribution >= 4 is 40.7 Å². The molecule has 2 saturated heterocycles. The molecule has 0 unspecified atom stereocenters. The van der Waals surface area contributed by atoms with Gasteiger partial charge in [0, 0.05) is 74.5 Å². The molecule has 2 aliphatic heterocycles. The number of fused-ring (bicyclic) bond motifs is 1. The van der Waals surface area contributed by atoms with Crippen LogP contribution in [0.25, 0.3) is 11.0 Å². The van der Waals surface area contributed by atoms with Crippen molar-refractivity contribution in [2.24, 2.45) is 0 Å². The van der Waals surface area contributed by atoms with Gasteiger partial charge in [0.1, 0.15) is 24.4 Å². The number of rotatable bonds is 7. The number of aromatic nitrogens is 2. The fourth-order valence-corrected chi connectivity index (χ4v) is 8.00. The largest absolute Gasteiger partial charge is 0.495 e. The van der Waals surface area contributed by atoms with Crippen LogP contribution in [0.15, 0.2) is 30.5 Å². The fraction of sp³-hybridized carbons (Fsp3) is 0.500. The Balaban J connectivity index is 1.37. The van der Waals surface area contributed by atoms with Crippen LogP contribution >= 0.6 is 7.14 Å². The highest BCUT2D eigenvalue weighted by Crippen LogP contribution is 2.48. The maximum absolute atomic E-state index is 13.9. The number of alkyl halides is 3. The van der Waals surface area contributed by atoms with Crippen molar-refractivity contribution < 1.29 is 27.2 Å². The average molecular weight is 552 g/mol. The molecule has 0 amide bonds. The molecular formula is C26H33F3N5O3P. The summed E-state index contributed by atoms with van der Waals surface area (Å²) in [6, 6.07) is 7.52. The SMILES string of the molecule is CCNc1cc(Nc2ccc(P3(=O)CCN(C4CCOCC4)CC3)cc2OC)nc2[nH]cc(C(F)(F)F)c12. The summed E-state index contributed by atoms with van der Waals surface area (Å²) in [5.74, 6) is 0.852. The quantitative estimate of drug-likeness (QED) is 0.346. The molecule has 5 rings (SSSR count). The van der Waals surface area contributed by atoms with E-state index in [1.165, 1.54) is 7.11 Å². The van der Waals surface area contributed by atoms with Crippen LogP contribution in [0.3, 0.4) is 0 Å². The Morgan fingerprint density at radius 1 is 1.18 bits per heavy atom. The Labute approximate surface area is 219 Å². The zero-order valence-corrected chi connectivity index (χ0v) is 22.4. The first-order valence-electron chi connectivity index (χ1n) is 12.9. The number of benzene rings is 1. The summed E-state index contributed by atoms with van der Waals surface area (Å²) < 4.78 is 65.6. The molecule has 0 saturated carbocycles. The summed E-state index contributed by atoms with van der Waals surface area (Å²) >= 11 is 0. The Hall–Kier alpha value is -2.75. The van der Waals surface area contributed by atoms with Crippen molar-refractivity contribution in [1.29, 1.82) is 0 Å². The summed E-state index contributed by atoms with van der Waals surface area (Å²) in [5.41, 5.74) is 0.261. The van der Waals surface area contributed by atoms with Gasteiger partial charge in [0.2, 0.25) is 0 Å². The molecule has 8 nitrogen and oxygen atoms in total. The summed E-state index contributed by atoms with van der Waals surface area (Å²) in [4.78, 5) is 9.46. The lowest BCUT2D eigenvalue weighted by Crippen LogP contribution is -2.45. The molecule has 0 radical (unpaired) electrons. The number of methoxy groups -OCH3 is 1. The van der Waals surface area contributed by atoms with Crippen LogP contribution in [-0.4, -0.2) is 73.2 Å². The molecule has 2 aliphatic rings. The van der Waals surface area contributed by atoms with E-state index >= 15 is 0 Å². The third kappa shape index (κ3) is 5.37. The van der Waals surface area contributed by atoms with E-state index in [-0.39, 0.29) is 11.0 Å². The lowest BCUT2D eigenvalue weighted by Gasteiger charge is -2.39. The minimum absolute atomic E-state index is 0.00240. The second kappa shape index (κ2) is 10.8. The van der Waals surface area contributed by atoms with Gasteiger partial charge in [-0.05, 0) is 38.0 Å². The smallest absolute Gasteiger partial charge is 0.418 e. The molecule has 2 fully saturated rings. The van der Waals surface area contributed by atoms with E-state index in [9.17, 15) is 17.7 Å². The van der Waals surface area contributed by atoms with Crippen molar-refractivity contribution in [3.63, 3.8) is 0 Å². The van der Waals surface area contributed by atoms with Crippen LogP contribution in [0.4, 0.5) is 30.4 Å². The van der Waals surface area contributed by atoms with Crippen molar-refractivity contribution in [2.45, 2.75) is 32.0 Å². The highest BCUT2D eigenvalue weighted by molar-refractivity contribution is 7.71. The highest BCUT2D eigenvalue weighted by atomic mass is 31.2. The van der Waals surface area contributed by atoms with Gasteiger partial charge in [-0.2, -0.15) is 13.2 Å². The summed E-state index contributed by atoms with van der Waals surface area (Å²) in [5, 5.41) is 6.95. The fourth-order valence-electron chi connectivity index (χ4n) is 5.40. The molecule has 206 valence electrons. The molecule has 12 heteroatoms. The zero-order chi connectivity index (χ0) is 26.9. The minimum atomic E-state index is -4.50. The molecule has 0 bridgehead atoms. The molecule has 3 N–H and O–H groups in total. The standard InChI is InChI=1S/C26H33F3N5O3P/c1-3-30-21-15-23(33-25-24(21)19(16-31-25)26(27,28)29)32-20-5-4-18(14-22(20)36-2)38(35)12-8-34(9-13-38)17-6-10-37-11-7-17/h4-5,14-17H,3,6-13H2,1-2H3,(H3,30,31,32,33). The predicted octanol–water partition coefficient (Wildman–Crippen LogP) is 5.25. The molecule has 2 aromatic heterocycles. The van der Waals surface area contributed by atoms with E-state index in [4.69, 9.17) is 9.47 Å². The minimum Gasteiger partial charge on any atom is -0.495 e. The summed E-state index contributed by atoms with van der Waals surface area (Å²) in [6.45, 7) is 5.44. The van der Waals surface area contributed by atoms with Gasteiger partial charge >= 0.3 is 6.18 Å². The lowest BCUT2D eigenvalue weighted by molar-refractivity contribution is -0.136. The molecule has 3 aromatic rings. The van der Waals surface area contributed by atoms with Crippen LogP contribution in [0, 0.1) is 0 Å². The van der Waals surface area contributed by atoms with Crippen LogP contribution < -0.4 is 20.7 Å². The molecular weight excluding hydrogens is 518 g/mol. The van der Waals surface area contributed by atoms with E-state index < -0.39 is 18.9 Å². The number of nitrogens with zero attached hydrogens (tertiary/aromatic N) is 2. The van der Waals surface area contributed by atoms with Crippen molar-refractivity contribution in [3.05, 3.63) is 36.0 Å². The first-order valence-corrected chi connectivity index (χ1v) is 15.0. The van der Waals surface area contributed by atoms with E-state index in [2.05, 4.69) is 25.5 Å².